The van der Waals surface area contributed by atoms with Crippen molar-refractivity contribution in [1.29, 1.82) is 0 Å². The summed E-state index contributed by atoms with van der Waals surface area (Å²) in [5, 5.41) is 14.2. The van der Waals surface area contributed by atoms with Crippen molar-refractivity contribution in [2.45, 2.75) is 32.2 Å². The van der Waals surface area contributed by atoms with Gasteiger partial charge in [0, 0.05) is 25.2 Å². The molecular formula is C13H19BrN4O2. The summed E-state index contributed by atoms with van der Waals surface area (Å²) >= 11 is 3.42. The van der Waals surface area contributed by atoms with Crippen LogP contribution in [0, 0.1) is 10.1 Å². The van der Waals surface area contributed by atoms with E-state index >= 15 is 0 Å². The Morgan fingerprint density at radius 1 is 1.65 bits per heavy atom. The number of rotatable bonds is 5. The van der Waals surface area contributed by atoms with Crippen molar-refractivity contribution in [3.8, 4) is 0 Å². The van der Waals surface area contributed by atoms with Gasteiger partial charge in [-0.05, 0) is 41.7 Å². The van der Waals surface area contributed by atoms with E-state index in [-0.39, 0.29) is 5.69 Å². The molecule has 110 valence electrons. The second-order valence-electron chi connectivity index (χ2n) is 4.95. The number of halogens is 1. The highest BCUT2D eigenvalue weighted by Gasteiger charge is 2.24. The third-order valence-electron chi connectivity index (χ3n) is 3.47. The van der Waals surface area contributed by atoms with Crippen LogP contribution in [-0.4, -0.2) is 35.6 Å². The van der Waals surface area contributed by atoms with Gasteiger partial charge in [-0.3, -0.25) is 10.1 Å². The summed E-state index contributed by atoms with van der Waals surface area (Å²) in [4.78, 5) is 16.9. The number of nitrogens with zero attached hydrogens (tertiary/aromatic N) is 3. The first-order chi connectivity index (χ1) is 9.63. The quantitative estimate of drug-likeness (QED) is 0.657. The van der Waals surface area contributed by atoms with Gasteiger partial charge in [0.25, 0.3) is 5.69 Å². The number of nitro groups is 1. The van der Waals surface area contributed by atoms with E-state index in [0.29, 0.717) is 10.5 Å². The zero-order valence-corrected chi connectivity index (χ0v) is 13.1. The second kappa shape index (κ2) is 6.99. The van der Waals surface area contributed by atoms with Crippen LogP contribution in [0.15, 0.2) is 16.7 Å². The Balaban J connectivity index is 2.26. The van der Waals surface area contributed by atoms with Gasteiger partial charge in [0.1, 0.15) is 12.0 Å². The van der Waals surface area contributed by atoms with Crippen LogP contribution in [0.2, 0.25) is 0 Å². The molecule has 20 heavy (non-hydrogen) atoms. The van der Waals surface area contributed by atoms with Gasteiger partial charge in [-0.25, -0.2) is 4.98 Å². The summed E-state index contributed by atoms with van der Waals surface area (Å²) < 4.78 is 0.686. The first kappa shape index (κ1) is 15.2. The molecule has 1 aromatic heterocycles. The van der Waals surface area contributed by atoms with Crippen molar-refractivity contribution in [2.24, 2.45) is 0 Å². The lowest BCUT2D eigenvalue weighted by Gasteiger charge is -2.35. The summed E-state index contributed by atoms with van der Waals surface area (Å²) in [7, 11) is 0. The van der Waals surface area contributed by atoms with E-state index in [2.05, 4.69) is 38.1 Å². The number of nitrogens with one attached hydrogen (secondary N) is 1. The highest BCUT2D eigenvalue weighted by atomic mass is 79.9. The lowest BCUT2D eigenvalue weighted by molar-refractivity contribution is -0.385. The van der Waals surface area contributed by atoms with Crippen LogP contribution in [0.3, 0.4) is 0 Å². The van der Waals surface area contributed by atoms with Crippen LogP contribution in [0.1, 0.15) is 26.2 Å². The van der Waals surface area contributed by atoms with Gasteiger partial charge in [0.2, 0.25) is 0 Å². The van der Waals surface area contributed by atoms with E-state index in [4.69, 9.17) is 0 Å². The van der Waals surface area contributed by atoms with E-state index in [9.17, 15) is 10.1 Å². The Morgan fingerprint density at radius 3 is 3.00 bits per heavy atom. The average molecular weight is 343 g/mol. The summed E-state index contributed by atoms with van der Waals surface area (Å²) in [5.41, 5.74) is 0.0128. The molecular weight excluding hydrogens is 324 g/mol. The molecule has 1 N–H and O–H groups in total. The minimum Gasteiger partial charge on any atom is -0.351 e. The Hall–Kier alpha value is -1.21. The average Bonchev–Trinajstić information content (AvgIpc) is 2.46. The van der Waals surface area contributed by atoms with Crippen LogP contribution >= 0.6 is 15.9 Å². The first-order valence-corrected chi connectivity index (χ1v) is 7.70. The molecule has 2 heterocycles. The van der Waals surface area contributed by atoms with Gasteiger partial charge in [-0.2, -0.15) is 0 Å². The Morgan fingerprint density at radius 2 is 2.45 bits per heavy atom. The molecule has 1 fully saturated rings. The van der Waals surface area contributed by atoms with Gasteiger partial charge in [-0.15, -0.1) is 0 Å². The molecule has 0 aromatic carbocycles. The van der Waals surface area contributed by atoms with E-state index < -0.39 is 4.92 Å². The molecule has 0 amide bonds. The number of aromatic nitrogens is 1. The third kappa shape index (κ3) is 3.46. The summed E-state index contributed by atoms with van der Waals surface area (Å²) in [6.45, 7) is 5.02. The monoisotopic (exact) mass is 342 g/mol. The number of hydrogen-bond donors (Lipinski definition) is 1. The van der Waals surface area contributed by atoms with Crippen LogP contribution in [0.5, 0.6) is 0 Å². The van der Waals surface area contributed by atoms with Crippen LogP contribution in [0.4, 0.5) is 11.5 Å². The van der Waals surface area contributed by atoms with Crippen molar-refractivity contribution in [2.75, 3.05) is 24.5 Å². The minimum atomic E-state index is -0.423. The number of pyridine rings is 1. The molecule has 1 aromatic rings. The molecule has 2 rings (SSSR count). The van der Waals surface area contributed by atoms with Gasteiger partial charge in [-0.1, -0.05) is 6.92 Å². The van der Waals surface area contributed by atoms with Crippen LogP contribution in [0.25, 0.3) is 0 Å². The number of hydrogen-bond acceptors (Lipinski definition) is 5. The number of anilines is 1. The second-order valence-corrected chi connectivity index (χ2v) is 5.80. The van der Waals surface area contributed by atoms with Crippen molar-refractivity contribution in [1.82, 2.24) is 10.3 Å². The molecule has 1 unspecified atom stereocenters. The molecule has 7 heteroatoms. The lowest BCUT2D eigenvalue weighted by Crippen LogP contribution is -2.47. The maximum atomic E-state index is 10.8. The fourth-order valence-electron chi connectivity index (χ4n) is 2.53. The van der Waals surface area contributed by atoms with Gasteiger partial charge >= 0.3 is 0 Å². The summed E-state index contributed by atoms with van der Waals surface area (Å²) in [6, 6.07) is 1.93. The molecule has 0 aliphatic carbocycles. The fraction of sp³-hybridized carbons (Fsp3) is 0.615. The smallest absolute Gasteiger partial charge is 0.288 e. The van der Waals surface area contributed by atoms with Gasteiger partial charge < -0.3 is 10.2 Å². The molecule has 1 saturated heterocycles. The predicted molar refractivity (Wildman–Crippen MR) is 82.1 cm³/mol. The normalized spacial score (nSPS) is 18.8. The molecule has 6 nitrogen and oxygen atoms in total. The van der Waals surface area contributed by atoms with Gasteiger partial charge in [0.05, 0.1) is 9.40 Å². The molecule has 0 spiro atoms. The fourth-order valence-corrected chi connectivity index (χ4v) is 3.10. The lowest BCUT2D eigenvalue weighted by atomic mass is 10.1. The summed E-state index contributed by atoms with van der Waals surface area (Å²) in [6.07, 6.45) is 4.62. The van der Waals surface area contributed by atoms with Crippen molar-refractivity contribution < 1.29 is 4.92 Å². The highest BCUT2D eigenvalue weighted by molar-refractivity contribution is 9.10. The molecule has 1 aliphatic heterocycles. The Kier molecular flexibility index (Phi) is 5.31. The zero-order valence-electron chi connectivity index (χ0n) is 11.5. The maximum absolute atomic E-state index is 10.8. The topological polar surface area (TPSA) is 71.3 Å². The molecule has 1 aliphatic rings. The van der Waals surface area contributed by atoms with E-state index in [0.717, 1.165) is 44.7 Å². The van der Waals surface area contributed by atoms with E-state index in [1.807, 2.05) is 0 Å². The predicted octanol–water partition coefficient (Wildman–Crippen LogP) is 2.72. The van der Waals surface area contributed by atoms with Crippen LogP contribution < -0.4 is 10.2 Å². The van der Waals surface area contributed by atoms with Crippen molar-refractivity contribution in [3.63, 3.8) is 0 Å². The van der Waals surface area contributed by atoms with Crippen molar-refractivity contribution in [3.05, 3.63) is 26.9 Å². The minimum absolute atomic E-state index is 0.0128. The summed E-state index contributed by atoms with van der Waals surface area (Å²) in [5.74, 6) is 0.797. The standard InChI is InChI=1S/C13H19BrN4O2/c1-2-6-17(10-4-3-5-15-8-10)13-12(14)7-11(9-16-13)18(19)20/h7,9-10,15H,2-6,8H2,1H3. The van der Waals surface area contributed by atoms with E-state index in [1.165, 1.54) is 12.3 Å². The van der Waals surface area contributed by atoms with Crippen molar-refractivity contribution >= 4 is 27.4 Å². The molecule has 0 saturated carbocycles. The molecule has 0 radical (unpaired) electrons. The Bertz CT molecular complexity index is 477. The van der Waals surface area contributed by atoms with Crippen LogP contribution in [-0.2, 0) is 0 Å². The maximum Gasteiger partial charge on any atom is 0.288 e. The Labute approximate surface area is 126 Å². The molecule has 1 atom stereocenters. The molecule has 0 bridgehead atoms. The largest absolute Gasteiger partial charge is 0.351 e. The third-order valence-corrected chi connectivity index (χ3v) is 4.05. The SMILES string of the molecule is CCCN(c1ncc([N+](=O)[O-])cc1Br)C1CCCNC1. The highest BCUT2D eigenvalue weighted by Crippen LogP contribution is 2.30. The number of piperidine rings is 1. The van der Waals surface area contributed by atoms with Gasteiger partial charge in [0.15, 0.2) is 0 Å². The van der Waals surface area contributed by atoms with E-state index in [1.54, 1.807) is 0 Å². The zero-order chi connectivity index (χ0) is 14.5. The first-order valence-electron chi connectivity index (χ1n) is 6.90.